The van der Waals surface area contributed by atoms with E-state index in [9.17, 15) is 4.79 Å². The van der Waals surface area contributed by atoms with Crippen molar-refractivity contribution in [2.24, 2.45) is 0 Å². The van der Waals surface area contributed by atoms with Crippen molar-refractivity contribution < 1.29 is 9.53 Å². The Morgan fingerprint density at radius 2 is 1.65 bits per heavy atom. The third-order valence-corrected chi connectivity index (χ3v) is 5.98. The van der Waals surface area contributed by atoms with Crippen molar-refractivity contribution in [3.05, 3.63) is 89.1 Å². The van der Waals surface area contributed by atoms with Crippen LogP contribution in [-0.2, 0) is 11.2 Å². The van der Waals surface area contributed by atoms with Crippen LogP contribution in [-0.4, -0.2) is 28.7 Å². The average molecular weight is 450 g/mol. The maximum atomic E-state index is 12.5. The number of anilines is 1. The lowest BCUT2D eigenvalue weighted by Crippen LogP contribution is -2.14. The van der Waals surface area contributed by atoms with Crippen LogP contribution >= 0.6 is 23.4 Å². The van der Waals surface area contributed by atoms with E-state index in [-0.39, 0.29) is 11.7 Å². The maximum absolute atomic E-state index is 12.5. The van der Waals surface area contributed by atoms with Gasteiger partial charge in [-0.2, -0.15) is 0 Å². The molecule has 5 nitrogen and oxygen atoms in total. The first-order valence-electron chi connectivity index (χ1n) is 9.69. The van der Waals surface area contributed by atoms with Crippen LogP contribution in [0.3, 0.4) is 0 Å². The van der Waals surface area contributed by atoms with Crippen molar-refractivity contribution in [2.75, 3.05) is 18.2 Å². The molecule has 1 heterocycles. The van der Waals surface area contributed by atoms with Crippen LogP contribution in [0, 0.1) is 0 Å². The summed E-state index contributed by atoms with van der Waals surface area (Å²) >= 11 is 7.50. The quantitative estimate of drug-likeness (QED) is 0.371. The van der Waals surface area contributed by atoms with Gasteiger partial charge in [0.15, 0.2) is 0 Å². The third-order valence-electron chi connectivity index (χ3n) is 4.64. The molecule has 1 aromatic heterocycles. The molecule has 1 amide bonds. The van der Waals surface area contributed by atoms with Crippen molar-refractivity contribution in [1.82, 2.24) is 9.97 Å². The molecule has 156 valence electrons. The van der Waals surface area contributed by atoms with Gasteiger partial charge in [-0.05, 0) is 30.3 Å². The number of nitrogens with zero attached hydrogens (tertiary/aromatic N) is 2. The van der Waals surface area contributed by atoms with Crippen molar-refractivity contribution in [2.45, 2.75) is 11.4 Å². The Morgan fingerprint density at radius 1 is 0.968 bits per heavy atom. The predicted molar refractivity (Wildman–Crippen MR) is 126 cm³/mol. The molecule has 4 rings (SSSR count). The summed E-state index contributed by atoms with van der Waals surface area (Å²) in [6, 6.07) is 22.7. The summed E-state index contributed by atoms with van der Waals surface area (Å²) in [5.74, 6) is 0.832. The first-order chi connectivity index (χ1) is 15.1. The number of fused-ring (bicyclic) bond motifs is 1. The van der Waals surface area contributed by atoms with Gasteiger partial charge in [0.1, 0.15) is 10.8 Å². The molecule has 0 atom stereocenters. The second-order valence-electron chi connectivity index (χ2n) is 6.77. The lowest BCUT2D eigenvalue weighted by molar-refractivity contribution is -0.113. The number of ether oxygens (including phenoxy) is 1. The molecular formula is C24H20ClN3O2S. The Labute approximate surface area is 189 Å². The number of thioether (sulfide) groups is 1. The lowest BCUT2D eigenvalue weighted by atomic mass is 10.1. The minimum absolute atomic E-state index is 0.156. The number of nitrogens with one attached hydrogen (secondary N) is 1. The predicted octanol–water partition coefficient (Wildman–Crippen LogP) is 5.61. The van der Waals surface area contributed by atoms with E-state index >= 15 is 0 Å². The molecule has 0 aliphatic rings. The van der Waals surface area contributed by atoms with Crippen molar-refractivity contribution in [3.8, 4) is 5.75 Å². The SMILES string of the molecule is COc1ccccc1Cc1nc2ccccc2nc1SCC(=O)Nc1ccccc1Cl. The normalized spacial score (nSPS) is 10.8. The number of carbonyl (C=O) groups is 1. The van der Waals surface area contributed by atoms with E-state index in [0.29, 0.717) is 17.1 Å². The summed E-state index contributed by atoms with van der Waals surface area (Å²) in [6.45, 7) is 0. The van der Waals surface area contributed by atoms with E-state index in [1.165, 1.54) is 11.8 Å². The number of rotatable bonds is 7. The zero-order chi connectivity index (χ0) is 21.6. The van der Waals surface area contributed by atoms with Crippen LogP contribution in [0.4, 0.5) is 5.69 Å². The fourth-order valence-corrected chi connectivity index (χ4v) is 4.13. The van der Waals surface area contributed by atoms with Gasteiger partial charge < -0.3 is 10.1 Å². The molecule has 7 heteroatoms. The van der Waals surface area contributed by atoms with Gasteiger partial charge in [-0.15, -0.1) is 0 Å². The summed E-state index contributed by atoms with van der Waals surface area (Å²) in [5.41, 5.74) is 4.02. The van der Waals surface area contributed by atoms with Crippen molar-refractivity contribution >= 4 is 46.0 Å². The molecule has 1 N–H and O–H groups in total. The molecule has 0 aliphatic heterocycles. The van der Waals surface area contributed by atoms with E-state index in [2.05, 4.69) is 5.32 Å². The zero-order valence-corrected chi connectivity index (χ0v) is 18.4. The first-order valence-corrected chi connectivity index (χ1v) is 11.0. The molecule has 0 spiro atoms. The van der Waals surface area contributed by atoms with Gasteiger partial charge >= 0.3 is 0 Å². The molecule has 0 bridgehead atoms. The summed E-state index contributed by atoms with van der Waals surface area (Å²) in [7, 11) is 1.65. The number of aromatic nitrogens is 2. The fraction of sp³-hybridized carbons (Fsp3) is 0.125. The minimum Gasteiger partial charge on any atom is -0.496 e. The Morgan fingerprint density at radius 3 is 2.42 bits per heavy atom. The topological polar surface area (TPSA) is 64.1 Å². The second kappa shape index (κ2) is 9.81. The Balaban J connectivity index is 1.59. The summed E-state index contributed by atoms with van der Waals surface area (Å²) in [6.07, 6.45) is 0.552. The summed E-state index contributed by atoms with van der Waals surface area (Å²) in [4.78, 5) is 22.1. The fourth-order valence-electron chi connectivity index (χ4n) is 3.16. The smallest absolute Gasteiger partial charge is 0.234 e. The molecule has 0 radical (unpaired) electrons. The van der Waals surface area contributed by atoms with E-state index in [1.807, 2.05) is 60.7 Å². The van der Waals surface area contributed by atoms with Gasteiger partial charge in [-0.1, -0.05) is 65.8 Å². The monoisotopic (exact) mass is 449 g/mol. The largest absolute Gasteiger partial charge is 0.496 e. The van der Waals surface area contributed by atoms with E-state index in [0.717, 1.165) is 33.1 Å². The standard InChI is InChI=1S/C24H20ClN3O2S/c1-30-22-13-7-2-8-16(22)14-21-24(28-20-12-6-5-11-19(20)26-21)31-15-23(29)27-18-10-4-3-9-17(18)25/h2-13H,14-15H2,1H3,(H,27,29). The van der Waals surface area contributed by atoms with Gasteiger partial charge in [0, 0.05) is 12.0 Å². The second-order valence-corrected chi connectivity index (χ2v) is 8.14. The average Bonchev–Trinajstić information content (AvgIpc) is 2.79. The van der Waals surface area contributed by atoms with Crippen molar-refractivity contribution in [1.29, 1.82) is 0 Å². The number of amides is 1. The van der Waals surface area contributed by atoms with Crippen LogP contribution in [0.2, 0.25) is 5.02 Å². The molecule has 0 saturated heterocycles. The highest BCUT2D eigenvalue weighted by atomic mass is 35.5. The van der Waals surface area contributed by atoms with Crippen LogP contribution < -0.4 is 10.1 Å². The van der Waals surface area contributed by atoms with Crippen LogP contribution in [0.5, 0.6) is 5.75 Å². The minimum atomic E-state index is -0.156. The van der Waals surface area contributed by atoms with Crippen molar-refractivity contribution in [3.63, 3.8) is 0 Å². The van der Waals surface area contributed by atoms with E-state index in [1.54, 1.807) is 19.2 Å². The number of benzene rings is 3. The molecule has 0 aliphatic carbocycles. The summed E-state index contributed by atoms with van der Waals surface area (Å²) < 4.78 is 5.49. The third kappa shape index (κ3) is 5.16. The van der Waals surface area contributed by atoms with Crippen LogP contribution in [0.15, 0.2) is 77.8 Å². The Bertz CT molecular complexity index is 1230. The Kier molecular flexibility index (Phi) is 6.70. The lowest BCUT2D eigenvalue weighted by Gasteiger charge is -2.12. The van der Waals surface area contributed by atoms with Gasteiger partial charge in [-0.3, -0.25) is 4.79 Å². The molecule has 0 saturated carbocycles. The highest BCUT2D eigenvalue weighted by molar-refractivity contribution is 8.00. The van der Waals surface area contributed by atoms with Crippen LogP contribution in [0.1, 0.15) is 11.3 Å². The van der Waals surface area contributed by atoms with Gasteiger partial charge in [0.25, 0.3) is 0 Å². The molecule has 4 aromatic rings. The molecule has 0 fully saturated rings. The van der Waals surface area contributed by atoms with Gasteiger partial charge in [-0.25, -0.2) is 9.97 Å². The highest BCUT2D eigenvalue weighted by Crippen LogP contribution is 2.28. The number of carbonyl (C=O) groups excluding carboxylic acids is 1. The maximum Gasteiger partial charge on any atom is 0.234 e. The van der Waals surface area contributed by atoms with Crippen LogP contribution in [0.25, 0.3) is 11.0 Å². The summed E-state index contributed by atoms with van der Waals surface area (Å²) in [5, 5.41) is 4.07. The molecule has 31 heavy (non-hydrogen) atoms. The number of para-hydroxylation sites is 4. The Hall–Kier alpha value is -3.09. The highest BCUT2D eigenvalue weighted by Gasteiger charge is 2.15. The number of hydrogen-bond donors (Lipinski definition) is 1. The van der Waals surface area contributed by atoms with Gasteiger partial charge in [0.2, 0.25) is 5.91 Å². The van der Waals surface area contributed by atoms with Gasteiger partial charge in [0.05, 0.1) is 40.3 Å². The number of hydrogen-bond acceptors (Lipinski definition) is 5. The van der Waals surface area contributed by atoms with E-state index in [4.69, 9.17) is 26.3 Å². The number of methoxy groups -OCH3 is 1. The molecule has 0 unspecified atom stereocenters. The molecular weight excluding hydrogens is 430 g/mol. The number of halogens is 1. The van der Waals surface area contributed by atoms with E-state index < -0.39 is 0 Å². The molecule has 3 aromatic carbocycles. The first kappa shape index (κ1) is 21.2. The zero-order valence-electron chi connectivity index (χ0n) is 16.8.